The average Bonchev–Trinajstić information content (AvgIpc) is 2.29. The van der Waals surface area contributed by atoms with Crippen LogP contribution in [-0.4, -0.2) is 6.54 Å². The van der Waals surface area contributed by atoms with E-state index < -0.39 is 0 Å². The fraction of sp³-hybridized carbons (Fsp3) is 0.600. The normalized spacial score (nSPS) is 20.8. The Labute approximate surface area is 119 Å². The summed E-state index contributed by atoms with van der Waals surface area (Å²) in [6.45, 7) is 7.74. The number of nitrogens with zero attached hydrogens (tertiary/aromatic N) is 1. The van der Waals surface area contributed by atoms with Crippen molar-refractivity contribution in [3.8, 4) is 0 Å². The third-order valence-electron chi connectivity index (χ3n) is 3.30. The third kappa shape index (κ3) is 3.91. The van der Waals surface area contributed by atoms with Crippen LogP contribution in [0, 0.1) is 6.07 Å². The zero-order valence-corrected chi connectivity index (χ0v) is 13.3. The molecule has 1 aromatic rings. The van der Waals surface area contributed by atoms with Gasteiger partial charge in [0.2, 0.25) is 0 Å². The van der Waals surface area contributed by atoms with Gasteiger partial charge in [-0.3, -0.25) is 0 Å². The van der Waals surface area contributed by atoms with Crippen molar-refractivity contribution in [2.45, 2.75) is 51.5 Å². The van der Waals surface area contributed by atoms with E-state index >= 15 is 0 Å². The molecule has 97 valence electrons. The summed E-state index contributed by atoms with van der Waals surface area (Å²) in [5.74, 6) is 0. The van der Waals surface area contributed by atoms with Gasteiger partial charge in [-0.25, -0.2) is 0 Å². The second-order valence-corrected chi connectivity index (χ2v) is 5.70. The van der Waals surface area contributed by atoms with E-state index in [4.69, 9.17) is 0 Å². The monoisotopic (exact) mass is 408 g/mol. The van der Waals surface area contributed by atoms with Gasteiger partial charge in [-0.15, -0.1) is 12.6 Å². The molecule has 1 fully saturated rings. The molecule has 0 aliphatic carbocycles. The van der Waals surface area contributed by atoms with E-state index in [0.29, 0.717) is 6.04 Å². The molecule has 1 aliphatic heterocycles. The maximum atomic E-state index is 4.66. The van der Waals surface area contributed by atoms with Crippen molar-refractivity contribution in [2.24, 2.45) is 0 Å². The van der Waals surface area contributed by atoms with E-state index in [1.165, 1.54) is 30.4 Å². The van der Waals surface area contributed by atoms with E-state index in [9.17, 15) is 0 Å². The Morgan fingerprint density at radius 3 is 2.47 bits per heavy atom. The van der Waals surface area contributed by atoms with Gasteiger partial charge < -0.3 is 5.32 Å². The minimum absolute atomic E-state index is 0. The maximum absolute atomic E-state index is 4.66. The van der Waals surface area contributed by atoms with Crippen LogP contribution < -0.4 is 0 Å². The summed E-state index contributed by atoms with van der Waals surface area (Å²) >= 11 is 0. The van der Waals surface area contributed by atoms with Gasteiger partial charge in [0.05, 0.1) is 0 Å². The molecule has 1 atom stereocenters. The van der Waals surface area contributed by atoms with Gasteiger partial charge in [0.25, 0.3) is 0 Å². The van der Waals surface area contributed by atoms with Gasteiger partial charge >= 0.3 is 0 Å². The van der Waals surface area contributed by atoms with Gasteiger partial charge in [-0.05, 0) is 0 Å². The SMILES string of the molecule is CC(C)(C)c1c[c-]c(C2CCCC[N-]2)cc1.[Ir]. The summed E-state index contributed by atoms with van der Waals surface area (Å²) in [6.07, 6.45) is 3.77. The van der Waals surface area contributed by atoms with Crippen molar-refractivity contribution in [2.75, 3.05) is 6.54 Å². The smallest absolute Gasteiger partial charge is 0 e. The second-order valence-electron chi connectivity index (χ2n) is 5.70. The van der Waals surface area contributed by atoms with Crippen LogP contribution in [0.5, 0.6) is 0 Å². The van der Waals surface area contributed by atoms with Crippen LogP contribution in [0.15, 0.2) is 18.2 Å². The molecule has 17 heavy (non-hydrogen) atoms. The van der Waals surface area contributed by atoms with Crippen LogP contribution >= 0.6 is 0 Å². The molecule has 0 amide bonds. The molecule has 1 aromatic carbocycles. The molecular weight excluding hydrogens is 386 g/mol. The molecule has 0 spiro atoms. The Bertz CT molecular complexity index is 331. The summed E-state index contributed by atoms with van der Waals surface area (Å²) in [4.78, 5) is 0. The largest absolute Gasteiger partial charge is 0.657 e. The van der Waals surface area contributed by atoms with Crippen LogP contribution in [0.25, 0.3) is 5.32 Å². The first-order chi connectivity index (χ1) is 7.57. The Balaban J connectivity index is 0.00000144. The van der Waals surface area contributed by atoms with Crippen molar-refractivity contribution in [1.29, 1.82) is 0 Å². The molecule has 1 aliphatic rings. The number of hydrogen-bond donors (Lipinski definition) is 0. The molecule has 2 rings (SSSR count). The molecule has 1 saturated heterocycles. The van der Waals surface area contributed by atoms with Crippen LogP contribution in [0.2, 0.25) is 0 Å². The number of hydrogen-bond acceptors (Lipinski definition) is 0. The minimum Gasteiger partial charge on any atom is -0.657 e. The molecular formula is C15H21IrN-2. The molecule has 1 nitrogen and oxygen atoms in total. The average molecular weight is 408 g/mol. The predicted octanol–water partition coefficient (Wildman–Crippen LogP) is 4.38. The summed E-state index contributed by atoms with van der Waals surface area (Å²) in [7, 11) is 0. The van der Waals surface area contributed by atoms with E-state index in [2.05, 4.69) is 50.4 Å². The van der Waals surface area contributed by atoms with Crippen LogP contribution in [0.4, 0.5) is 0 Å². The number of benzene rings is 1. The zero-order chi connectivity index (χ0) is 11.6. The van der Waals surface area contributed by atoms with Crippen molar-refractivity contribution in [3.05, 3.63) is 40.7 Å². The number of rotatable bonds is 1. The fourth-order valence-corrected chi connectivity index (χ4v) is 2.15. The standard InChI is InChI=1S/C15H21N.Ir/c1-15(2,3)13-9-7-12(8-10-13)14-6-4-5-11-16-14;/h7,9-10,14H,4-6,11H2,1-3H3;/q-2;. The summed E-state index contributed by atoms with van der Waals surface area (Å²) in [5.41, 5.74) is 2.85. The first-order valence-corrected chi connectivity index (χ1v) is 6.26. The summed E-state index contributed by atoms with van der Waals surface area (Å²) in [6, 6.07) is 10.4. The van der Waals surface area contributed by atoms with Crippen molar-refractivity contribution >= 4 is 0 Å². The molecule has 0 saturated carbocycles. The van der Waals surface area contributed by atoms with Crippen LogP contribution in [0.3, 0.4) is 0 Å². The van der Waals surface area contributed by atoms with Gasteiger partial charge in [0.1, 0.15) is 0 Å². The zero-order valence-electron chi connectivity index (χ0n) is 10.9. The van der Waals surface area contributed by atoms with Crippen LogP contribution in [0.1, 0.15) is 57.2 Å². The Hall–Kier alpha value is -0.171. The number of piperidine rings is 1. The van der Waals surface area contributed by atoms with Gasteiger partial charge in [0, 0.05) is 20.1 Å². The molecule has 1 radical (unpaired) electrons. The topological polar surface area (TPSA) is 14.1 Å². The molecule has 2 heteroatoms. The second kappa shape index (κ2) is 6.13. The van der Waals surface area contributed by atoms with Gasteiger partial charge in [0.15, 0.2) is 0 Å². The summed E-state index contributed by atoms with van der Waals surface area (Å²) < 4.78 is 0. The Morgan fingerprint density at radius 1 is 1.24 bits per heavy atom. The third-order valence-corrected chi connectivity index (χ3v) is 3.30. The molecule has 1 heterocycles. The van der Waals surface area contributed by atoms with E-state index in [0.717, 1.165) is 6.54 Å². The van der Waals surface area contributed by atoms with E-state index in [1.807, 2.05) is 0 Å². The van der Waals surface area contributed by atoms with E-state index in [-0.39, 0.29) is 25.5 Å². The van der Waals surface area contributed by atoms with E-state index in [1.54, 1.807) is 0 Å². The van der Waals surface area contributed by atoms with Gasteiger partial charge in [-0.1, -0.05) is 45.4 Å². The predicted molar refractivity (Wildman–Crippen MR) is 68.8 cm³/mol. The first kappa shape index (κ1) is 14.9. The minimum atomic E-state index is 0. The van der Waals surface area contributed by atoms with Gasteiger partial charge in [-0.2, -0.15) is 35.4 Å². The quantitative estimate of drug-likeness (QED) is 0.614. The van der Waals surface area contributed by atoms with Crippen molar-refractivity contribution < 1.29 is 20.1 Å². The maximum Gasteiger partial charge on any atom is 0 e. The first-order valence-electron chi connectivity index (χ1n) is 6.26. The van der Waals surface area contributed by atoms with Crippen LogP contribution in [-0.2, 0) is 25.5 Å². The van der Waals surface area contributed by atoms with Crippen molar-refractivity contribution in [1.82, 2.24) is 0 Å². The summed E-state index contributed by atoms with van der Waals surface area (Å²) in [5, 5.41) is 4.66. The Morgan fingerprint density at radius 2 is 2.00 bits per heavy atom. The van der Waals surface area contributed by atoms with Crippen molar-refractivity contribution in [3.63, 3.8) is 0 Å². The molecule has 1 unspecified atom stereocenters. The molecule has 0 bridgehead atoms. The Kier molecular flexibility index (Phi) is 5.37. The molecule has 0 N–H and O–H groups in total. The fourth-order valence-electron chi connectivity index (χ4n) is 2.15. The molecule has 0 aromatic heterocycles.